The number of benzene rings is 8. The van der Waals surface area contributed by atoms with E-state index in [9.17, 15) is 62.6 Å². The second-order valence-electron chi connectivity index (χ2n) is 18.9. The maximum absolute atomic E-state index is 11.9. The number of phenols is 2. The van der Waals surface area contributed by atoms with Crippen LogP contribution < -0.4 is 157 Å². The minimum Gasteiger partial charge on any atom is -0.744 e. The van der Waals surface area contributed by atoms with E-state index in [0.29, 0.717) is 21.2 Å². The Kier molecular flexibility index (Phi) is 44.3. The van der Waals surface area contributed by atoms with Crippen LogP contribution in [-0.2, 0) is 71.1 Å². The molecule has 8 rings (SSSR count). The molecule has 0 saturated carbocycles. The average Bonchev–Trinajstić information content (AvgIpc) is 0.765. The van der Waals surface area contributed by atoms with Crippen LogP contribution in [0, 0.1) is 26.0 Å². The smallest absolute Gasteiger partial charge is 0.744 e. The second kappa shape index (κ2) is 46.4. The zero-order valence-electron chi connectivity index (χ0n) is 58.3. The van der Waals surface area contributed by atoms with Gasteiger partial charge in [0.05, 0.1) is 48.0 Å². The summed E-state index contributed by atoms with van der Waals surface area (Å²) in [5.74, 6) is -1.31. The Bertz CT molecular complexity index is 4860. The number of carbonyl (C=O) groups is 2. The van der Waals surface area contributed by atoms with E-state index in [2.05, 4.69) is 73.1 Å². The van der Waals surface area contributed by atoms with Gasteiger partial charge in [0.1, 0.15) is 88.9 Å². The maximum Gasteiger partial charge on any atom is 1.00 e. The number of azo groups is 4. The molecule has 0 aliphatic heterocycles. The van der Waals surface area contributed by atoms with E-state index in [-0.39, 0.29) is 186 Å². The van der Waals surface area contributed by atoms with Crippen molar-refractivity contribution < 1.29 is 225 Å². The van der Waals surface area contributed by atoms with Gasteiger partial charge in [-0.3, -0.25) is 9.59 Å². The van der Waals surface area contributed by atoms with E-state index >= 15 is 0 Å². The number of nitrogens with one attached hydrogen (secondary N) is 4. The number of methoxy groups -OCH3 is 4. The summed E-state index contributed by atoms with van der Waals surface area (Å²) in [5, 5.41) is 58.1. The molecule has 0 atom stereocenters. The molecule has 0 spiro atoms. The van der Waals surface area contributed by atoms with E-state index in [1.54, 1.807) is 48.5 Å². The first-order chi connectivity index (χ1) is 46.8. The Hall–Kier alpha value is -6.70. The van der Waals surface area contributed by atoms with Gasteiger partial charge in [-0.15, -0.1) is 56.5 Å². The SMILES string of the molecule is CN=Nc1cc(OC)c(N=Nc2c(S(=O)(=O)[O-])cc3c[c-]cc(NC(C)=O)c3c2O)cc1OC.CN=Nc1cc(OC)c(N=Nc2c(S(=O)(=O)[O-])cc3c[c-]cc(NC(C)=O)c3c2O)cc1OC.CNS(=O)(=O)c1ccc(C)cc1.CNS(=O)(=O)c1ccc(C)cc1.O=S(=O)=O.O=S(=O)=O.[Na+].[Na+].[Na+].[Na+]. The summed E-state index contributed by atoms with van der Waals surface area (Å²) >= 11 is 0. The Morgan fingerprint density at radius 2 is 0.712 bits per heavy atom. The van der Waals surface area contributed by atoms with Gasteiger partial charge in [-0.2, -0.15) is 56.9 Å². The van der Waals surface area contributed by atoms with Gasteiger partial charge >= 0.3 is 139 Å². The molecule has 0 heterocycles. The van der Waals surface area contributed by atoms with E-state index in [1.165, 1.54) is 119 Å². The number of hydrogen-bond acceptors (Lipinski definition) is 32. The molecule has 536 valence electrons. The largest absolute Gasteiger partial charge is 1.00 e. The molecule has 8 aromatic rings. The van der Waals surface area contributed by atoms with Crippen LogP contribution in [-0.4, -0.2) is 147 Å². The number of amides is 2. The number of ether oxygens (including phenoxy) is 4. The van der Waals surface area contributed by atoms with E-state index in [4.69, 9.17) is 44.2 Å². The fraction of sp³-hybridized carbons (Fsp3) is 0.207. The Morgan fingerprint density at radius 3 is 0.933 bits per heavy atom. The third-order valence-electron chi connectivity index (χ3n) is 12.3. The van der Waals surface area contributed by atoms with Crippen molar-refractivity contribution in [2.45, 2.75) is 47.3 Å². The summed E-state index contributed by atoms with van der Waals surface area (Å²) in [6.45, 7) is 6.34. The van der Waals surface area contributed by atoms with Gasteiger partial charge in [0.25, 0.3) is 0 Å². The fourth-order valence-corrected chi connectivity index (χ4v) is 10.7. The second-order valence-corrected chi connectivity index (χ2v) is 26.2. The quantitative estimate of drug-likeness (QED) is 0.0210. The maximum atomic E-state index is 11.9. The molecule has 0 bridgehead atoms. The van der Waals surface area contributed by atoms with Crippen molar-refractivity contribution in [3.05, 3.63) is 132 Å². The molecule has 2 amide bonds. The van der Waals surface area contributed by atoms with Crippen LogP contribution in [0.25, 0.3) is 21.5 Å². The topological polar surface area (TPSA) is 544 Å². The minimum atomic E-state index is -5.08. The molecule has 104 heavy (non-hydrogen) atoms. The zero-order valence-corrected chi connectivity index (χ0v) is 71.2. The van der Waals surface area contributed by atoms with Crippen LogP contribution in [0.1, 0.15) is 25.0 Å². The van der Waals surface area contributed by atoms with Crippen LogP contribution >= 0.6 is 0 Å². The molecule has 0 unspecified atom stereocenters. The summed E-state index contributed by atoms with van der Waals surface area (Å²) in [7, 11) is -11.6. The number of sulfonamides is 2. The third-order valence-corrected chi connectivity index (χ3v) is 16.8. The molecule has 0 aromatic heterocycles. The number of carbonyl (C=O) groups excluding carboxylic acids is 2. The summed E-state index contributed by atoms with van der Waals surface area (Å²) in [4.78, 5) is 22.1. The van der Waals surface area contributed by atoms with Gasteiger partial charge in [0.2, 0.25) is 31.9 Å². The molecule has 6 N–H and O–H groups in total. The van der Waals surface area contributed by atoms with Crippen molar-refractivity contribution in [2.24, 2.45) is 40.9 Å². The Labute approximate surface area is 689 Å². The normalized spacial score (nSPS) is 10.9. The first-order valence-corrected chi connectivity index (χ1v) is 34.9. The summed E-state index contributed by atoms with van der Waals surface area (Å²) in [5.41, 5.74) is 2.01. The van der Waals surface area contributed by atoms with Crippen LogP contribution in [0.15, 0.2) is 170 Å². The van der Waals surface area contributed by atoms with Crippen molar-refractivity contribution in [3.63, 3.8) is 0 Å². The number of fused-ring (bicyclic) bond motifs is 2. The monoisotopic (exact) mass is 1590 g/mol. The van der Waals surface area contributed by atoms with Crippen molar-refractivity contribution in [1.82, 2.24) is 9.44 Å². The number of aryl methyl sites for hydroxylation is 2. The van der Waals surface area contributed by atoms with Crippen LogP contribution in [0.4, 0.5) is 45.5 Å². The average molecular weight is 1590 g/mol. The Morgan fingerprint density at radius 1 is 0.452 bits per heavy atom. The molecule has 8 aromatic carbocycles. The number of anilines is 2. The van der Waals surface area contributed by atoms with Gasteiger partial charge in [0.15, 0.2) is 0 Å². The molecular weight excluding hydrogens is 1530 g/mol. The molecule has 0 aliphatic carbocycles. The summed E-state index contributed by atoms with van der Waals surface area (Å²) in [6.07, 6.45) is 0. The molecule has 0 fully saturated rings. The van der Waals surface area contributed by atoms with E-state index in [1.807, 2.05) is 13.8 Å². The van der Waals surface area contributed by atoms with Crippen molar-refractivity contribution in [1.29, 1.82) is 0 Å². The fourth-order valence-electron chi connectivity index (χ4n) is 7.96. The third kappa shape index (κ3) is 30.3. The molecular formula is C58H60N12Na4O24S6. The Balaban J connectivity index is 0. The minimum absolute atomic E-state index is 0. The predicted molar refractivity (Wildman–Crippen MR) is 356 cm³/mol. The molecule has 0 saturated heterocycles. The van der Waals surface area contributed by atoms with Crippen LogP contribution in [0.3, 0.4) is 0 Å². The van der Waals surface area contributed by atoms with Crippen molar-refractivity contribution in [3.8, 4) is 34.5 Å². The van der Waals surface area contributed by atoms with Gasteiger partial charge < -0.3 is 48.9 Å². The standard InChI is InChI=1S/2C21H20N5O7S.2C8H11NO2S.4Na.2O3S/c2*1-11(27)23-13-7-5-6-12-8-18(34(29,30)31)20(21(28)19(12)13)26-25-15-10-16(32-3)14(24-22-2)9-17(15)33-4;2*1-7-3-5-8(6-4-7)12(10,11)9-2;;;;;2*1-4(2)3/h2*6-10,28H,1-4H3,(H,23,27)(H,29,30,31);2*3-6,9H,1-2H3;;;;;;/q2*-1;;;4*+1;;/p-2. The van der Waals surface area contributed by atoms with Crippen molar-refractivity contribution >= 4 is 140 Å². The zero-order chi connectivity index (χ0) is 75.6. The number of hydrogen-bond donors (Lipinski definition) is 6. The van der Waals surface area contributed by atoms with Crippen LogP contribution in [0.2, 0.25) is 0 Å². The van der Waals surface area contributed by atoms with Gasteiger partial charge in [-0.25, -0.2) is 43.1 Å². The van der Waals surface area contributed by atoms with Gasteiger partial charge in [0, 0.05) is 52.2 Å². The first kappa shape index (κ1) is 99.4. The number of aromatic hydroxyl groups is 2. The van der Waals surface area contributed by atoms with E-state index < -0.39 is 106 Å². The molecule has 36 nitrogen and oxygen atoms in total. The first-order valence-electron chi connectivity index (χ1n) is 27.1. The molecule has 0 radical (unpaired) electrons. The summed E-state index contributed by atoms with van der Waals surface area (Å²) in [6, 6.07) is 32.1. The molecule has 0 aliphatic rings. The molecule has 46 heteroatoms. The number of phenolic OH excluding ortho intramolecular Hbond substituents is 2. The number of rotatable bonds is 18. The predicted octanol–water partition coefficient (Wildman–Crippen LogP) is -3.48. The number of nitrogens with zero attached hydrogens (tertiary/aromatic N) is 8. The van der Waals surface area contributed by atoms with Gasteiger partial charge in [-0.05, 0) is 52.2 Å². The summed E-state index contributed by atoms with van der Waals surface area (Å²) < 4.78 is 193. The van der Waals surface area contributed by atoms with Crippen LogP contribution in [0.5, 0.6) is 34.5 Å². The van der Waals surface area contributed by atoms with E-state index in [0.717, 1.165) is 23.3 Å². The van der Waals surface area contributed by atoms with Gasteiger partial charge in [-0.1, -0.05) is 69.7 Å². The van der Waals surface area contributed by atoms with Crippen molar-refractivity contribution in [2.75, 3.05) is 67.3 Å².